The number of ether oxygens (including phenoxy) is 1. The van der Waals surface area contributed by atoms with Crippen molar-refractivity contribution in [3.8, 4) is 5.75 Å². The minimum atomic E-state index is 0.261. The maximum absolute atomic E-state index is 5.99. The van der Waals surface area contributed by atoms with Gasteiger partial charge >= 0.3 is 0 Å². The van der Waals surface area contributed by atoms with Gasteiger partial charge in [-0.1, -0.05) is 37.6 Å². The van der Waals surface area contributed by atoms with E-state index < -0.39 is 0 Å². The second-order valence-electron chi connectivity index (χ2n) is 4.02. The summed E-state index contributed by atoms with van der Waals surface area (Å²) in [7, 11) is 0. The highest BCUT2D eigenvalue weighted by Gasteiger charge is 2.10. The Morgan fingerprint density at radius 3 is 3.07 bits per heavy atom. The van der Waals surface area contributed by atoms with Crippen molar-refractivity contribution in [3.63, 3.8) is 0 Å². The van der Waals surface area contributed by atoms with E-state index in [-0.39, 0.29) is 6.10 Å². The van der Waals surface area contributed by atoms with E-state index in [9.17, 15) is 0 Å². The monoisotopic (exact) mass is 202 g/mol. The molecule has 0 aromatic heterocycles. The molecule has 0 amide bonds. The molecule has 0 saturated heterocycles. The van der Waals surface area contributed by atoms with Crippen molar-refractivity contribution in [1.82, 2.24) is 0 Å². The first-order chi connectivity index (χ1) is 7.40. The number of fused-ring (bicyclic) bond motifs is 1. The van der Waals surface area contributed by atoms with E-state index in [0.717, 1.165) is 31.4 Å². The van der Waals surface area contributed by atoms with Gasteiger partial charge in [0.05, 0.1) is 0 Å². The molecule has 1 heterocycles. The molecule has 1 aromatic carbocycles. The smallest absolute Gasteiger partial charge is 0.123 e. The molecule has 0 radical (unpaired) electrons. The van der Waals surface area contributed by atoms with E-state index in [1.165, 1.54) is 5.56 Å². The molecule has 1 unspecified atom stereocenters. The van der Waals surface area contributed by atoms with Crippen molar-refractivity contribution in [1.29, 1.82) is 0 Å². The number of rotatable bonds is 2. The number of hydrogen-bond donors (Lipinski definition) is 0. The van der Waals surface area contributed by atoms with Crippen LogP contribution in [0.2, 0.25) is 0 Å². The second-order valence-corrected chi connectivity index (χ2v) is 4.02. The molecule has 0 bridgehead atoms. The number of hydrogen-bond acceptors (Lipinski definition) is 1. The molecule has 0 aliphatic carbocycles. The Morgan fingerprint density at radius 1 is 1.33 bits per heavy atom. The predicted molar refractivity (Wildman–Crippen MR) is 63.2 cm³/mol. The van der Waals surface area contributed by atoms with Crippen LogP contribution in [-0.2, 0) is 6.42 Å². The van der Waals surface area contributed by atoms with Crippen molar-refractivity contribution in [2.45, 2.75) is 38.7 Å². The molecule has 1 aromatic rings. The van der Waals surface area contributed by atoms with Crippen molar-refractivity contribution in [2.75, 3.05) is 0 Å². The SMILES string of the molecule is CCCC1/C=C\CCc2ccccc2O1. The molecule has 1 nitrogen and oxygen atoms in total. The largest absolute Gasteiger partial charge is 0.486 e. The van der Waals surface area contributed by atoms with Gasteiger partial charge in [0.15, 0.2) is 0 Å². The van der Waals surface area contributed by atoms with Crippen molar-refractivity contribution in [3.05, 3.63) is 42.0 Å². The number of para-hydroxylation sites is 1. The third-order valence-corrected chi connectivity index (χ3v) is 2.76. The molecule has 1 aliphatic rings. The molecule has 1 atom stereocenters. The molecule has 80 valence electrons. The first-order valence-electron chi connectivity index (χ1n) is 5.81. The summed E-state index contributed by atoms with van der Waals surface area (Å²) in [5.74, 6) is 1.07. The summed E-state index contributed by atoms with van der Waals surface area (Å²) in [6.45, 7) is 2.20. The van der Waals surface area contributed by atoms with Gasteiger partial charge in [0.25, 0.3) is 0 Å². The maximum atomic E-state index is 5.99. The fourth-order valence-corrected chi connectivity index (χ4v) is 1.95. The lowest BCUT2D eigenvalue weighted by Crippen LogP contribution is -2.15. The van der Waals surface area contributed by atoms with Gasteiger partial charge in [0, 0.05) is 0 Å². The van der Waals surface area contributed by atoms with Gasteiger partial charge in [-0.2, -0.15) is 0 Å². The van der Waals surface area contributed by atoms with Crippen LogP contribution < -0.4 is 4.74 Å². The lowest BCUT2D eigenvalue weighted by molar-refractivity contribution is 0.233. The quantitative estimate of drug-likeness (QED) is 0.664. The molecular formula is C14H18O. The van der Waals surface area contributed by atoms with Crippen LogP contribution in [0.25, 0.3) is 0 Å². The van der Waals surface area contributed by atoms with Gasteiger partial charge < -0.3 is 4.74 Å². The van der Waals surface area contributed by atoms with Gasteiger partial charge in [-0.3, -0.25) is 0 Å². The van der Waals surface area contributed by atoms with Gasteiger partial charge in [-0.25, -0.2) is 0 Å². The topological polar surface area (TPSA) is 9.23 Å². The summed E-state index contributed by atoms with van der Waals surface area (Å²) in [6.07, 6.45) is 9.19. The van der Waals surface area contributed by atoms with Crippen LogP contribution in [-0.4, -0.2) is 6.10 Å². The minimum Gasteiger partial charge on any atom is -0.486 e. The van der Waals surface area contributed by atoms with Crippen molar-refractivity contribution < 1.29 is 4.74 Å². The summed E-state index contributed by atoms with van der Waals surface area (Å²) in [5, 5.41) is 0. The summed E-state index contributed by atoms with van der Waals surface area (Å²) in [5.41, 5.74) is 1.34. The molecule has 0 N–H and O–H groups in total. The highest BCUT2D eigenvalue weighted by atomic mass is 16.5. The summed E-state index contributed by atoms with van der Waals surface area (Å²) in [4.78, 5) is 0. The zero-order valence-corrected chi connectivity index (χ0v) is 9.28. The van der Waals surface area contributed by atoms with Gasteiger partial charge in [-0.15, -0.1) is 0 Å². The fourth-order valence-electron chi connectivity index (χ4n) is 1.95. The predicted octanol–water partition coefficient (Wildman–Crippen LogP) is 3.74. The van der Waals surface area contributed by atoms with E-state index in [1.54, 1.807) is 0 Å². The van der Waals surface area contributed by atoms with Crippen LogP contribution in [0, 0.1) is 0 Å². The zero-order valence-electron chi connectivity index (χ0n) is 9.28. The van der Waals surface area contributed by atoms with Crippen LogP contribution in [0.4, 0.5) is 0 Å². The second kappa shape index (κ2) is 5.01. The minimum absolute atomic E-state index is 0.261. The number of benzene rings is 1. The third-order valence-electron chi connectivity index (χ3n) is 2.76. The average Bonchev–Trinajstić information content (AvgIpc) is 2.22. The summed E-state index contributed by atoms with van der Waals surface area (Å²) < 4.78 is 5.99. The van der Waals surface area contributed by atoms with Crippen LogP contribution in [0.3, 0.4) is 0 Å². The molecular weight excluding hydrogens is 184 g/mol. The maximum Gasteiger partial charge on any atom is 0.123 e. The average molecular weight is 202 g/mol. The first kappa shape index (κ1) is 10.3. The normalized spacial score (nSPS) is 22.1. The Balaban J connectivity index is 2.19. The van der Waals surface area contributed by atoms with E-state index in [1.807, 2.05) is 6.07 Å². The lowest BCUT2D eigenvalue weighted by atomic mass is 10.1. The Bertz CT molecular complexity index is 341. The Kier molecular flexibility index (Phi) is 3.44. The molecule has 1 heteroatoms. The molecule has 0 fully saturated rings. The highest BCUT2D eigenvalue weighted by molar-refractivity contribution is 5.34. The molecule has 1 aliphatic heterocycles. The molecule has 15 heavy (non-hydrogen) atoms. The Hall–Kier alpha value is -1.24. The molecule has 0 spiro atoms. The van der Waals surface area contributed by atoms with Gasteiger partial charge in [0.1, 0.15) is 11.9 Å². The molecule has 0 saturated carbocycles. The van der Waals surface area contributed by atoms with E-state index in [0.29, 0.717) is 0 Å². The van der Waals surface area contributed by atoms with Crippen LogP contribution in [0.1, 0.15) is 31.7 Å². The Labute approximate surface area is 91.8 Å². The lowest BCUT2D eigenvalue weighted by Gasteiger charge is -2.19. The summed E-state index contributed by atoms with van der Waals surface area (Å²) >= 11 is 0. The molecule has 2 rings (SSSR count). The van der Waals surface area contributed by atoms with Gasteiger partial charge in [-0.05, 0) is 37.0 Å². The summed E-state index contributed by atoms with van der Waals surface area (Å²) in [6, 6.07) is 8.38. The number of allylic oxidation sites excluding steroid dienone is 1. The highest BCUT2D eigenvalue weighted by Crippen LogP contribution is 2.24. The van der Waals surface area contributed by atoms with Crippen LogP contribution in [0.5, 0.6) is 5.75 Å². The van der Waals surface area contributed by atoms with E-state index in [2.05, 4.69) is 37.3 Å². The fraction of sp³-hybridized carbons (Fsp3) is 0.429. The zero-order chi connectivity index (χ0) is 10.5. The Morgan fingerprint density at radius 2 is 2.20 bits per heavy atom. The first-order valence-corrected chi connectivity index (χ1v) is 5.81. The van der Waals surface area contributed by atoms with Crippen molar-refractivity contribution >= 4 is 0 Å². The van der Waals surface area contributed by atoms with E-state index in [4.69, 9.17) is 4.74 Å². The van der Waals surface area contributed by atoms with Crippen molar-refractivity contribution in [2.24, 2.45) is 0 Å². The number of aryl methyl sites for hydroxylation is 1. The standard InChI is InChI=1S/C14H18O/c1-2-7-13-10-5-3-8-12-9-4-6-11-14(12)15-13/h4-6,9-11,13H,2-3,7-8H2,1H3/b10-5-. The van der Waals surface area contributed by atoms with Crippen LogP contribution >= 0.6 is 0 Å². The van der Waals surface area contributed by atoms with Crippen LogP contribution in [0.15, 0.2) is 36.4 Å². The van der Waals surface area contributed by atoms with Gasteiger partial charge in [0.2, 0.25) is 0 Å². The van der Waals surface area contributed by atoms with E-state index >= 15 is 0 Å². The third kappa shape index (κ3) is 2.62.